The van der Waals surface area contributed by atoms with Gasteiger partial charge in [0.15, 0.2) is 0 Å². The summed E-state index contributed by atoms with van der Waals surface area (Å²) in [4.78, 5) is 0.205. The molecular formula is C18H19N3O3S. The van der Waals surface area contributed by atoms with Crippen LogP contribution in [-0.4, -0.2) is 25.3 Å². The standard InChI is InChI=1S/C18H19N3O3S/c1-13-11-15(24-3)9-10-17(13)25(22,23)20-16-12-19-21(2)18(16)14-7-5-4-6-8-14/h4-12,20H,1-3H3. The van der Waals surface area contributed by atoms with Crippen LogP contribution in [0.4, 0.5) is 5.69 Å². The molecule has 6 nitrogen and oxygen atoms in total. The number of nitrogens with zero attached hydrogens (tertiary/aromatic N) is 2. The van der Waals surface area contributed by atoms with Crippen molar-refractivity contribution in [3.05, 3.63) is 60.3 Å². The Balaban J connectivity index is 2.01. The van der Waals surface area contributed by atoms with Crippen molar-refractivity contribution in [2.24, 2.45) is 7.05 Å². The molecule has 0 amide bonds. The van der Waals surface area contributed by atoms with E-state index in [1.807, 2.05) is 30.3 Å². The fraction of sp³-hybridized carbons (Fsp3) is 0.167. The molecule has 130 valence electrons. The summed E-state index contributed by atoms with van der Waals surface area (Å²) in [6.45, 7) is 1.73. The first-order valence-corrected chi connectivity index (χ1v) is 9.15. The molecule has 7 heteroatoms. The maximum atomic E-state index is 12.8. The van der Waals surface area contributed by atoms with E-state index in [0.717, 1.165) is 5.56 Å². The third-order valence-electron chi connectivity index (χ3n) is 3.90. The predicted molar refractivity (Wildman–Crippen MR) is 97.2 cm³/mol. The molecule has 3 rings (SSSR count). The van der Waals surface area contributed by atoms with Gasteiger partial charge < -0.3 is 4.74 Å². The Hall–Kier alpha value is -2.80. The number of methoxy groups -OCH3 is 1. The number of benzene rings is 2. The van der Waals surface area contributed by atoms with Crippen molar-refractivity contribution in [1.82, 2.24) is 9.78 Å². The molecule has 0 fully saturated rings. The molecule has 0 saturated carbocycles. The Morgan fingerprint density at radius 3 is 2.48 bits per heavy atom. The number of rotatable bonds is 5. The van der Waals surface area contributed by atoms with Crippen LogP contribution in [0.5, 0.6) is 5.75 Å². The number of aryl methyl sites for hydroxylation is 2. The molecule has 1 aromatic heterocycles. The zero-order valence-corrected chi connectivity index (χ0v) is 15.0. The van der Waals surface area contributed by atoms with Crippen LogP contribution in [0, 0.1) is 6.92 Å². The maximum absolute atomic E-state index is 12.8. The lowest BCUT2D eigenvalue weighted by molar-refractivity contribution is 0.414. The molecule has 0 saturated heterocycles. The highest BCUT2D eigenvalue weighted by atomic mass is 32.2. The van der Waals surface area contributed by atoms with E-state index < -0.39 is 10.0 Å². The molecule has 0 aliphatic carbocycles. The average molecular weight is 357 g/mol. The van der Waals surface area contributed by atoms with Gasteiger partial charge in [-0.1, -0.05) is 30.3 Å². The summed E-state index contributed by atoms with van der Waals surface area (Å²) in [5.74, 6) is 0.614. The molecule has 3 aromatic rings. The molecule has 25 heavy (non-hydrogen) atoms. The largest absolute Gasteiger partial charge is 0.497 e. The monoisotopic (exact) mass is 357 g/mol. The lowest BCUT2D eigenvalue weighted by Gasteiger charge is -2.12. The van der Waals surface area contributed by atoms with Gasteiger partial charge in [0.1, 0.15) is 5.75 Å². The average Bonchev–Trinajstić information content (AvgIpc) is 2.94. The smallest absolute Gasteiger partial charge is 0.262 e. The van der Waals surface area contributed by atoms with E-state index >= 15 is 0 Å². The molecule has 0 atom stereocenters. The van der Waals surface area contributed by atoms with Crippen molar-refractivity contribution in [1.29, 1.82) is 0 Å². The van der Waals surface area contributed by atoms with Crippen LogP contribution in [0.15, 0.2) is 59.6 Å². The van der Waals surface area contributed by atoms with Gasteiger partial charge >= 0.3 is 0 Å². The van der Waals surface area contributed by atoms with Crippen molar-refractivity contribution in [2.45, 2.75) is 11.8 Å². The Bertz CT molecular complexity index is 996. The fourth-order valence-electron chi connectivity index (χ4n) is 2.70. The minimum Gasteiger partial charge on any atom is -0.497 e. The van der Waals surface area contributed by atoms with Gasteiger partial charge in [-0.2, -0.15) is 5.10 Å². The second-order valence-corrected chi connectivity index (χ2v) is 7.28. The highest BCUT2D eigenvalue weighted by Gasteiger charge is 2.21. The quantitative estimate of drug-likeness (QED) is 0.761. The second kappa shape index (κ2) is 6.60. The summed E-state index contributed by atoms with van der Waals surface area (Å²) in [7, 11) is -0.424. The van der Waals surface area contributed by atoms with Crippen molar-refractivity contribution < 1.29 is 13.2 Å². The van der Waals surface area contributed by atoms with Crippen LogP contribution in [0.1, 0.15) is 5.56 Å². The van der Waals surface area contributed by atoms with Crippen LogP contribution < -0.4 is 9.46 Å². The summed E-state index contributed by atoms with van der Waals surface area (Å²) in [6.07, 6.45) is 1.51. The number of anilines is 1. The molecule has 0 spiro atoms. The highest BCUT2D eigenvalue weighted by molar-refractivity contribution is 7.92. The van der Waals surface area contributed by atoms with Gasteiger partial charge in [-0.05, 0) is 30.7 Å². The molecule has 0 radical (unpaired) electrons. The molecule has 1 N–H and O–H groups in total. The number of sulfonamides is 1. The fourth-order valence-corrected chi connectivity index (χ4v) is 3.98. The molecule has 0 unspecified atom stereocenters. The van der Waals surface area contributed by atoms with E-state index in [1.54, 1.807) is 37.9 Å². The first-order chi connectivity index (χ1) is 11.9. The normalized spacial score (nSPS) is 11.3. The zero-order valence-electron chi connectivity index (χ0n) is 14.2. The third-order valence-corrected chi connectivity index (χ3v) is 5.43. The summed E-state index contributed by atoms with van der Waals surface area (Å²) >= 11 is 0. The Labute approximate surface area is 147 Å². The van der Waals surface area contributed by atoms with Gasteiger partial charge in [-0.3, -0.25) is 9.40 Å². The van der Waals surface area contributed by atoms with Gasteiger partial charge in [-0.15, -0.1) is 0 Å². The van der Waals surface area contributed by atoms with E-state index in [4.69, 9.17) is 4.74 Å². The number of nitrogens with one attached hydrogen (secondary N) is 1. The summed E-state index contributed by atoms with van der Waals surface area (Å²) in [5, 5.41) is 4.19. The first kappa shape index (κ1) is 17.0. The van der Waals surface area contributed by atoms with Crippen LogP contribution in [0.2, 0.25) is 0 Å². The zero-order chi connectivity index (χ0) is 18.0. The third kappa shape index (κ3) is 3.36. The van der Waals surface area contributed by atoms with Crippen LogP contribution in [0.3, 0.4) is 0 Å². The topological polar surface area (TPSA) is 73.2 Å². The van der Waals surface area contributed by atoms with E-state index in [0.29, 0.717) is 22.7 Å². The molecule has 1 heterocycles. The Kier molecular flexibility index (Phi) is 4.50. The number of hydrogen-bond acceptors (Lipinski definition) is 4. The molecule has 2 aromatic carbocycles. The SMILES string of the molecule is COc1ccc(S(=O)(=O)Nc2cnn(C)c2-c2ccccc2)c(C)c1. The van der Waals surface area contributed by atoms with Crippen LogP contribution in [-0.2, 0) is 17.1 Å². The molecule has 0 aliphatic rings. The lowest BCUT2D eigenvalue weighted by Crippen LogP contribution is -2.14. The Morgan fingerprint density at radius 1 is 1.12 bits per heavy atom. The number of aromatic nitrogens is 2. The lowest BCUT2D eigenvalue weighted by atomic mass is 10.1. The minimum atomic E-state index is -3.75. The van der Waals surface area contributed by atoms with Crippen molar-refractivity contribution >= 4 is 15.7 Å². The van der Waals surface area contributed by atoms with Crippen molar-refractivity contribution in [3.63, 3.8) is 0 Å². The van der Waals surface area contributed by atoms with Gasteiger partial charge in [0.2, 0.25) is 0 Å². The summed E-state index contributed by atoms with van der Waals surface area (Å²) < 4.78 is 35.1. The van der Waals surface area contributed by atoms with E-state index in [2.05, 4.69) is 9.82 Å². The maximum Gasteiger partial charge on any atom is 0.262 e. The first-order valence-electron chi connectivity index (χ1n) is 7.67. The van der Waals surface area contributed by atoms with Crippen LogP contribution >= 0.6 is 0 Å². The summed E-state index contributed by atoms with van der Waals surface area (Å²) in [6, 6.07) is 14.4. The second-order valence-electron chi connectivity index (χ2n) is 5.63. The van der Waals surface area contributed by atoms with Crippen LogP contribution in [0.25, 0.3) is 11.3 Å². The number of ether oxygens (including phenoxy) is 1. The number of hydrogen-bond donors (Lipinski definition) is 1. The van der Waals surface area contributed by atoms with Crippen molar-refractivity contribution in [2.75, 3.05) is 11.8 Å². The van der Waals surface area contributed by atoms with E-state index in [-0.39, 0.29) is 4.90 Å². The minimum absolute atomic E-state index is 0.205. The van der Waals surface area contributed by atoms with E-state index in [9.17, 15) is 8.42 Å². The van der Waals surface area contributed by atoms with Gasteiger partial charge in [0.25, 0.3) is 10.0 Å². The molecular weight excluding hydrogens is 338 g/mol. The van der Waals surface area contributed by atoms with Gasteiger partial charge in [0, 0.05) is 12.6 Å². The van der Waals surface area contributed by atoms with Gasteiger partial charge in [0.05, 0.1) is 29.6 Å². The van der Waals surface area contributed by atoms with E-state index in [1.165, 1.54) is 12.3 Å². The van der Waals surface area contributed by atoms with Crippen molar-refractivity contribution in [3.8, 4) is 17.0 Å². The summed E-state index contributed by atoms with van der Waals surface area (Å²) in [5.41, 5.74) is 2.63. The highest BCUT2D eigenvalue weighted by Crippen LogP contribution is 2.30. The Morgan fingerprint density at radius 2 is 1.84 bits per heavy atom. The predicted octanol–water partition coefficient (Wildman–Crippen LogP) is 3.20. The molecule has 0 aliphatic heterocycles. The van der Waals surface area contributed by atoms with Gasteiger partial charge in [-0.25, -0.2) is 8.42 Å². The molecule has 0 bridgehead atoms.